The fourth-order valence-corrected chi connectivity index (χ4v) is 3.12. The first kappa shape index (κ1) is 19.7. The summed E-state index contributed by atoms with van der Waals surface area (Å²) in [4.78, 5) is 20.2. The largest absolute Gasteiger partial charge is 0.495 e. The highest BCUT2D eigenvalue weighted by molar-refractivity contribution is 6.36. The lowest BCUT2D eigenvalue weighted by Crippen LogP contribution is -1.97. The third-order valence-corrected chi connectivity index (χ3v) is 4.65. The minimum Gasteiger partial charge on any atom is -0.495 e. The van der Waals surface area contributed by atoms with E-state index in [-0.39, 0.29) is 11.9 Å². The van der Waals surface area contributed by atoms with Crippen molar-refractivity contribution in [2.45, 2.75) is 13.3 Å². The molecule has 9 nitrogen and oxygen atoms in total. The van der Waals surface area contributed by atoms with Gasteiger partial charge in [-0.2, -0.15) is 9.97 Å². The van der Waals surface area contributed by atoms with E-state index in [0.717, 1.165) is 5.69 Å². The predicted molar refractivity (Wildman–Crippen MR) is 110 cm³/mol. The molecular formula is C20H18ClN5O4. The van der Waals surface area contributed by atoms with E-state index in [2.05, 4.69) is 24.9 Å². The van der Waals surface area contributed by atoms with E-state index in [9.17, 15) is 0 Å². The van der Waals surface area contributed by atoms with Crippen molar-refractivity contribution >= 4 is 22.6 Å². The van der Waals surface area contributed by atoms with Gasteiger partial charge in [-0.05, 0) is 6.42 Å². The maximum Gasteiger partial charge on any atom is 0.327 e. The predicted octanol–water partition coefficient (Wildman–Crippen LogP) is 4.57. The highest BCUT2D eigenvalue weighted by Crippen LogP contribution is 2.37. The summed E-state index contributed by atoms with van der Waals surface area (Å²) in [6.07, 6.45) is 6.90. The number of hydrogen-bond acceptors (Lipinski definition) is 8. The summed E-state index contributed by atoms with van der Waals surface area (Å²) in [5.74, 6) is 2.16. The van der Waals surface area contributed by atoms with E-state index in [1.807, 2.05) is 6.92 Å². The van der Waals surface area contributed by atoms with Gasteiger partial charge in [0.1, 0.15) is 22.5 Å². The number of methoxy groups -OCH3 is 2. The van der Waals surface area contributed by atoms with Gasteiger partial charge in [0, 0.05) is 17.8 Å². The molecule has 0 fully saturated rings. The maximum atomic E-state index is 6.54. The monoisotopic (exact) mass is 427 g/mol. The molecule has 0 saturated carbocycles. The van der Waals surface area contributed by atoms with E-state index in [1.165, 1.54) is 6.20 Å². The Bertz CT molecular complexity index is 1200. The Labute approximate surface area is 177 Å². The standard InChI is InChI=1S/C20H18ClN5O4/c1-4-15-17(21)16-18(24-15)25-20(30-14-6-12(28-3)8-23-10-14)26-19(16)29-13-5-11(27-2)7-22-9-13/h5-10H,4H2,1-3H3,(H,24,25,26). The average Bonchev–Trinajstić information content (AvgIpc) is 3.09. The van der Waals surface area contributed by atoms with Crippen LogP contribution in [-0.2, 0) is 6.42 Å². The SMILES string of the molecule is CCc1[nH]c2nc(Oc3cncc(OC)c3)nc(Oc3cncc(OC)c3)c2c1Cl. The molecule has 4 rings (SSSR count). The first-order valence-corrected chi connectivity index (χ1v) is 9.41. The normalized spacial score (nSPS) is 10.8. The third kappa shape index (κ3) is 3.92. The average molecular weight is 428 g/mol. The summed E-state index contributed by atoms with van der Waals surface area (Å²) >= 11 is 6.54. The molecule has 4 aromatic heterocycles. The molecule has 0 bridgehead atoms. The molecule has 0 aliphatic rings. The van der Waals surface area contributed by atoms with Gasteiger partial charge >= 0.3 is 6.01 Å². The summed E-state index contributed by atoms with van der Waals surface area (Å²) in [7, 11) is 3.10. The topological polar surface area (TPSA) is 104 Å². The van der Waals surface area contributed by atoms with Crippen LogP contribution < -0.4 is 18.9 Å². The zero-order valence-electron chi connectivity index (χ0n) is 16.5. The lowest BCUT2D eigenvalue weighted by Gasteiger charge is -2.10. The minimum atomic E-state index is 0.0592. The molecule has 0 aromatic carbocycles. The summed E-state index contributed by atoms with van der Waals surface area (Å²) < 4.78 is 22.1. The number of aromatic amines is 1. The van der Waals surface area contributed by atoms with Gasteiger partial charge in [0.15, 0.2) is 11.5 Å². The van der Waals surface area contributed by atoms with Crippen LogP contribution in [0.25, 0.3) is 11.0 Å². The second kappa shape index (κ2) is 8.42. The number of nitrogens with one attached hydrogen (secondary N) is 1. The molecular weight excluding hydrogens is 410 g/mol. The zero-order chi connectivity index (χ0) is 21.1. The van der Waals surface area contributed by atoms with Gasteiger partial charge in [0.25, 0.3) is 0 Å². The van der Waals surface area contributed by atoms with Crippen LogP contribution in [0, 0.1) is 0 Å². The number of H-pyrrole nitrogens is 1. The molecule has 0 aliphatic carbocycles. The van der Waals surface area contributed by atoms with Crippen molar-refractivity contribution in [2.75, 3.05) is 14.2 Å². The number of hydrogen-bond donors (Lipinski definition) is 1. The maximum absolute atomic E-state index is 6.54. The molecule has 0 radical (unpaired) electrons. The Hall–Kier alpha value is -3.59. The van der Waals surface area contributed by atoms with Gasteiger partial charge in [-0.1, -0.05) is 18.5 Å². The second-order valence-electron chi connectivity index (χ2n) is 6.13. The molecule has 4 aromatic rings. The first-order chi connectivity index (χ1) is 14.6. The fraction of sp³-hybridized carbons (Fsp3) is 0.200. The molecule has 10 heteroatoms. The molecule has 0 unspecified atom stereocenters. The number of ether oxygens (including phenoxy) is 4. The van der Waals surface area contributed by atoms with Crippen LogP contribution in [-0.4, -0.2) is 39.1 Å². The Morgan fingerprint density at radius 2 is 1.47 bits per heavy atom. The summed E-state index contributed by atoms with van der Waals surface area (Å²) in [5, 5.41) is 1.04. The molecule has 0 saturated heterocycles. The number of fused-ring (bicyclic) bond motifs is 1. The third-order valence-electron chi connectivity index (χ3n) is 4.23. The van der Waals surface area contributed by atoms with Crippen molar-refractivity contribution in [1.29, 1.82) is 0 Å². The van der Waals surface area contributed by atoms with E-state index in [4.69, 9.17) is 30.5 Å². The van der Waals surface area contributed by atoms with Gasteiger partial charge in [-0.15, -0.1) is 0 Å². The molecule has 0 amide bonds. The van der Waals surface area contributed by atoms with Crippen LogP contribution in [0.15, 0.2) is 36.9 Å². The van der Waals surface area contributed by atoms with Gasteiger partial charge in [-0.25, -0.2) is 0 Å². The van der Waals surface area contributed by atoms with Crippen molar-refractivity contribution in [2.24, 2.45) is 0 Å². The molecule has 30 heavy (non-hydrogen) atoms. The fourth-order valence-electron chi connectivity index (χ4n) is 2.77. The lowest BCUT2D eigenvalue weighted by atomic mass is 10.3. The van der Waals surface area contributed by atoms with Gasteiger partial charge < -0.3 is 23.9 Å². The highest BCUT2D eigenvalue weighted by atomic mass is 35.5. The number of aryl methyl sites for hydroxylation is 1. The number of nitrogens with zero attached hydrogens (tertiary/aromatic N) is 4. The lowest BCUT2D eigenvalue weighted by molar-refractivity contribution is 0.393. The van der Waals surface area contributed by atoms with Crippen molar-refractivity contribution in [1.82, 2.24) is 24.9 Å². The van der Waals surface area contributed by atoms with E-state index < -0.39 is 0 Å². The number of halogens is 1. The Kier molecular flexibility index (Phi) is 5.53. The van der Waals surface area contributed by atoms with E-state index in [1.54, 1.807) is 44.9 Å². The summed E-state index contributed by atoms with van der Waals surface area (Å²) in [6.45, 7) is 1.98. The van der Waals surface area contributed by atoms with Crippen molar-refractivity contribution in [3.05, 3.63) is 47.6 Å². The molecule has 154 valence electrons. The molecule has 0 aliphatic heterocycles. The first-order valence-electron chi connectivity index (χ1n) is 9.03. The van der Waals surface area contributed by atoms with Crippen LogP contribution in [0.3, 0.4) is 0 Å². The Morgan fingerprint density at radius 3 is 2.07 bits per heavy atom. The summed E-state index contributed by atoms with van der Waals surface area (Å²) in [5.41, 5.74) is 1.30. The number of rotatable bonds is 7. The Balaban J connectivity index is 1.78. The van der Waals surface area contributed by atoms with Gasteiger partial charge in [0.05, 0.1) is 44.0 Å². The van der Waals surface area contributed by atoms with Crippen LogP contribution in [0.2, 0.25) is 5.02 Å². The van der Waals surface area contributed by atoms with Crippen LogP contribution >= 0.6 is 11.6 Å². The van der Waals surface area contributed by atoms with Gasteiger partial charge in [-0.3, -0.25) is 9.97 Å². The molecule has 4 heterocycles. The zero-order valence-corrected chi connectivity index (χ0v) is 17.2. The number of aromatic nitrogens is 5. The van der Waals surface area contributed by atoms with E-state index in [0.29, 0.717) is 45.5 Å². The molecule has 0 spiro atoms. The van der Waals surface area contributed by atoms with Crippen molar-refractivity contribution < 1.29 is 18.9 Å². The molecule has 0 atom stereocenters. The van der Waals surface area contributed by atoms with Crippen LogP contribution in [0.5, 0.6) is 34.9 Å². The van der Waals surface area contributed by atoms with Crippen molar-refractivity contribution in [3.63, 3.8) is 0 Å². The quantitative estimate of drug-likeness (QED) is 0.457. The summed E-state index contributed by atoms with van der Waals surface area (Å²) in [6, 6.07) is 3.42. The second-order valence-corrected chi connectivity index (χ2v) is 6.51. The smallest absolute Gasteiger partial charge is 0.327 e. The van der Waals surface area contributed by atoms with Crippen molar-refractivity contribution in [3.8, 4) is 34.9 Å². The number of pyridine rings is 2. The van der Waals surface area contributed by atoms with Gasteiger partial charge in [0.2, 0.25) is 5.88 Å². The van der Waals surface area contributed by atoms with Crippen LogP contribution in [0.4, 0.5) is 0 Å². The molecule has 1 N–H and O–H groups in total. The Morgan fingerprint density at radius 1 is 0.867 bits per heavy atom. The minimum absolute atomic E-state index is 0.0592. The van der Waals surface area contributed by atoms with E-state index >= 15 is 0 Å². The van der Waals surface area contributed by atoms with Crippen LogP contribution in [0.1, 0.15) is 12.6 Å². The highest BCUT2D eigenvalue weighted by Gasteiger charge is 2.20.